The number of hydrogen-bond acceptors (Lipinski definition) is 3. The van der Waals surface area contributed by atoms with E-state index in [1.165, 1.54) is 0 Å². The smallest absolute Gasteiger partial charge is 0.154 e. The molecule has 62 valence electrons. The van der Waals surface area contributed by atoms with Crippen molar-refractivity contribution in [2.45, 2.75) is 19.8 Å². The van der Waals surface area contributed by atoms with Gasteiger partial charge in [-0.2, -0.15) is 16.9 Å². The van der Waals surface area contributed by atoms with Crippen molar-refractivity contribution in [3.05, 3.63) is 11.6 Å². The maximum Gasteiger partial charge on any atom is 0.154 e. The molecule has 1 N–H and O–H groups in total. The highest BCUT2D eigenvalue weighted by Gasteiger charge is 2.08. The summed E-state index contributed by atoms with van der Waals surface area (Å²) in [7, 11) is 0. The normalized spacial score (nSPS) is 13.4. The first-order valence-electron chi connectivity index (χ1n) is 3.62. The highest BCUT2D eigenvalue weighted by Crippen LogP contribution is 2.14. The predicted molar refractivity (Wildman–Crippen MR) is 47.9 cm³/mol. The van der Waals surface area contributed by atoms with Gasteiger partial charge in [0.1, 0.15) is 5.82 Å². The van der Waals surface area contributed by atoms with Crippen LogP contribution in [0, 0.1) is 6.92 Å². The number of nitrogens with one attached hydrogen (secondary N) is 1. The van der Waals surface area contributed by atoms with Crippen LogP contribution in [-0.4, -0.2) is 27.2 Å². The average Bonchev–Trinajstić information content (AvgIpc) is 2.36. The Morgan fingerprint density at radius 2 is 2.36 bits per heavy atom. The van der Waals surface area contributed by atoms with Gasteiger partial charge in [0.2, 0.25) is 0 Å². The van der Waals surface area contributed by atoms with E-state index in [4.69, 9.17) is 0 Å². The summed E-state index contributed by atoms with van der Waals surface area (Å²) in [5.41, 5.74) is 0. The molecule has 0 aliphatic carbocycles. The second-order valence-electron chi connectivity index (χ2n) is 2.64. The SMILES string of the molecule is CSCC(C)c1n[nH]c(C)n1. The molecule has 0 radical (unpaired) electrons. The van der Waals surface area contributed by atoms with Crippen LogP contribution >= 0.6 is 11.8 Å². The topological polar surface area (TPSA) is 41.6 Å². The highest BCUT2D eigenvalue weighted by molar-refractivity contribution is 7.98. The average molecular weight is 171 g/mol. The molecule has 0 fully saturated rings. The number of aryl methyl sites for hydroxylation is 1. The van der Waals surface area contributed by atoms with Crippen LogP contribution in [0.15, 0.2) is 0 Å². The molecule has 0 saturated heterocycles. The molecule has 0 aromatic carbocycles. The molecule has 1 aromatic rings. The fourth-order valence-electron chi connectivity index (χ4n) is 0.905. The van der Waals surface area contributed by atoms with E-state index in [1.807, 2.05) is 18.7 Å². The van der Waals surface area contributed by atoms with Gasteiger partial charge in [0.05, 0.1) is 0 Å². The summed E-state index contributed by atoms with van der Waals surface area (Å²) in [5.74, 6) is 3.36. The molecule has 0 aliphatic rings. The molecule has 0 bridgehead atoms. The Kier molecular flexibility index (Phi) is 2.93. The lowest BCUT2D eigenvalue weighted by molar-refractivity contribution is 0.792. The molecule has 11 heavy (non-hydrogen) atoms. The Balaban J connectivity index is 2.60. The van der Waals surface area contributed by atoms with Gasteiger partial charge < -0.3 is 0 Å². The van der Waals surface area contributed by atoms with Crippen LogP contribution < -0.4 is 0 Å². The van der Waals surface area contributed by atoms with E-state index in [9.17, 15) is 0 Å². The molecule has 1 unspecified atom stereocenters. The number of thioether (sulfide) groups is 1. The maximum absolute atomic E-state index is 4.25. The van der Waals surface area contributed by atoms with Crippen LogP contribution in [0.1, 0.15) is 24.5 Å². The highest BCUT2D eigenvalue weighted by atomic mass is 32.2. The van der Waals surface area contributed by atoms with Crippen molar-refractivity contribution in [3.8, 4) is 0 Å². The van der Waals surface area contributed by atoms with E-state index in [0.29, 0.717) is 5.92 Å². The zero-order valence-electron chi connectivity index (χ0n) is 7.09. The van der Waals surface area contributed by atoms with Gasteiger partial charge in [-0.05, 0) is 13.2 Å². The molecular weight excluding hydrogens is 158 g/mol. The van der Waals surface area contributed by atoms with Gasteiger partial charge in [-0.15, -0.1) is 0 Å². The van der Waals surface area contributed by atoms with Gasteiger partial charge in [-0.25, -0.2) is 4.98 Å². The summed E-state index contributed by atoms with van der Waals surface area (Å²) in [6, 6.07) is 0. The van der Waals surface area contributed by atoms with Crippen molar-refractivity contribution >= 4 is 11.8 Å². The summed E-state index contributed by atoms with van der Waals surface area (Å²) >= 11 is 1.82. The Hall–Kier alpha value is -0.510. The molecule has 0 saturated carbocycles. The lowest BCUT2D eigenvalue weighted by Crippen LogP contribution is -1.98. The zero-order chi connectivity index (χ0) is 8.27. The largest absolute Gasteiger partial charge is 0.263 e. The first-order valence-corrected chi connectivity index (χ1v) is 5.01. The zero-order valence-corrected chi connectivity index (χ0v) is 7.90. The van der Waals surface area contributed by atoms with Crippen molar-refractivity contribution in [2.24, 2.45) is 0 Å². The lowest BCUT2D eigenvalue weighted by Gasteiger charge is -2.02. The second kappa shape index (κ2) is 3.76. The number of hydrogen-bond donors (Lipinski definition) is 1. The third-order valence-corrected chi connectivity index (χ3v) is 2.31. The molecule has 0 amide bonds. The first kappa shape index (κ1) is 8.59. The standard InChI is InChI=1S/C7H13N3S/c1-5(4-11-3)7-8-6(2)9-10-7/h5H,4H2,1-3H3,(H,8,9,10). The van der Waals surface area contributed by atoms with Crippen LogP contribution in [0.25, 0.3) is 0 Å². The molecule has 0 spiro atoms. The molecule has 1 rings (SSSR count). The van der Waals surface area contributed by atoms with E-state index in [2.05, 4.69) is 28.4 Å². The van der Waals surface area contributed by atoms with Crippen LogP contribution in [-0.2, 0) is 0 Å². The number of rotatable bonds is 3. The van der Waals surface area contributed by atoms with Gasteiger partial charge in [-0.1, -0.05) is 6.92 Å². The minimum atomic E-state index is 0.454. The van der Waals surface area contributed by atoms with Crippen molar-refractivity contribution in [1.82, 2.24) is 15.2 Å². The van der Waals surface area contributed by atoms with E-state index < -0.39 is 0 Å². The van der Waals surface area contributed by atoms with Gasteiger partial charge in [0.25, 0.3) is 0 Å². The number of aromatic nitrogens is 3. The Bertz CT molecular complexity index is 221. The molecule has 3 nitrogen and oxygen atoms in total. The Morgan fingerprint density at radius 3 is 2.82 bits per heavy atom. The first-order chi connectivity index (χ1) is 5.24. The second-order valence-corrected chi connectivity index (χ2v) is 3.55. The quantitative estimate of drug-likeness (QED) is 0.750. The van der Waals surface area contributed by atoms with Crippen molar-refractivity contribution in [3.63, 3.8) is 0 Å². The molecule has 1 atom stereocenters. The molecular formula is C7H13N3S. The van der Waals surface area contributed by atoms with Crippen molar-refractivity contribution in [1.29, 1.82) is 0 Å². The fourth-order valence-corrected chi connectivity index (χ4v) is 1.55. The summed E-state index contributed by atoms with van der Waals surface area (Å²) in [6.45, 7) is 4.06. The third-order valence-electron chi connectivity index (χ3n) is 1.47. The summed E-state index contributed by atoms with van der Waals surface area (Å²) in [6.07, 6.45) is 2.09. The minimum absolute atomic E-state index is 0.454. The molecule has 4 heteroatoms. The van der Waals surface area contributed by atoms with E-state index in [-0.39, 0.29) is 0 Å². The number of nitrogens with zero attached hydrogens (tertiary/aromatic N) is 2. The van der Waals surface area contributed by atoms with E-state index in [1.54, 1.807) is 0 Å². The molecule has 1 aromatic heterocycles. The van der Waals surface area contributed by atoms with Crippen LogP contribution in [0.3, 0.4) is 0 Å². The van der Waals surface area contributed by atoms with Gasteiger partial charge in [0, 0.05) is 11.7 Å². The third kappa shape index (κ3) is 2.22. The predicted octanol–water partition coefficient (Wildman–Crippen LogP) is 1.58. The Labute approximate surface area is 71.0 Å². The number of aromatic amines is 1. The molecule has 1 heterocycles. The summed E-state index contributed by atoms with van der Waals surface area (Å²) < 4.78 is 0. The van der Waals surface area contributed by atoms with Gasteiger partial charge in [0.15, 0.2) is 5.82 Å². The monoisotopic (exact) mass is 171 g/mol. The van der Waals surface area contributed by atoms with Crippen LogP contribution in [0.2, 0.25) is 0 Å². The van der Waals surface area contributed by atoms with Crippen molar-refractivity contribution in [2.75, 3.05) is 12.0 Å². The van der Waals surface area contributed by atoms with E-state index in [0.717, 1.165) is 17.4 Å². The maximum atomic E-state index is 4.25. The van der Waals surface area contributed by atoms with E-state index >= 15 is 0 Å². The Morgan fingerprint density at radius 1 is 1.64 bits per heavy atom. The van der Waals surface area contributed by atoms with Crippen LogP contribution in [0.4, 0.5) is 0 Å². The lowest BCUT2D eigenvalue weighted by atomic mass is 10.2. The van der Waals surface area contributed by atoms with Gasteiger partial charge >= 0.3 is 0 Å². The molecule has 0 aliphatic heterocycles. The fraction of sp³-hybridized carbons (Fsp3) is 0.714. The summed E-state index contributed by atoms with van der Waals surface area (Å²) in [5, 5.41) is 6.92. The van der Waals surface area contributed by atoms with Gasteiger partial charge in [-0.3, -0.25) is 5.10 Å². The minimum Gasteiger partial charge on any atom is -0.263 e. The van der Waals surface area contributed by atoms with Crippen molar-refractivity contribution < 1.29 is 0 Å². The summed E-state index contributed by atoms with van der Waals surface area (Å²) in [4.78, 5) is 4.25. The van der Waals surface area contributed by atoms with Crippen LogP contribution in [0.5, 0.6) is 0 Å². The number of H-pyrrole nitrogens is 1.